The Kier molecular flexibility index (Phi) is 11.9. The van der Waals surface area contributed by atoms with Crippen LogP contribution >= 0.6 is 11.6 Å². The van der Waals surface area contributed by atoms with Crippen LogP contribution in [0.3, 0.4) is 0 Å². The number of hydrogen-bond donors (Lipinski definition) is 4. The lowest BCUT2D eigenvalue weighted by Crippen LogP contribution is -2.67. The molecule has 12 nitrogen and oxygen atoms in total. The van der Waals surface area contributed by atoms with E-state index < -0.39 is 11.9 Å². The molecule has 4 N–H and O–H groups in total. The summed E-state index contributed by atoms with van der Waals surface area (Å²) in [5, 5.41) is 26.6. The molecule has 3 heterocycles. The van der Waals surface area contributed by atoms with Crippen molar-refractivity contribution >= 4 is 41.0 Å². The first-order valence-electron chi connectivity index (χ1n) is 14.2. The van der Waals surface area contributed by atoms with Gasteiger partial charge in [0.25, 0.3) is 0 Å². The number of anilines is 1. The molecule has 2 saturated heterocycles. The molecular weight excluding hydrogens is 578 g/mol. The van der Waals surface area contributed by atoms with E-state index in [4.69, 9.17) is 26.3 Å². The van der Waals surface area contributed by atoms with E-state index in [1.807, 2.05) is 30.3 Å². The molecule has 2 aromatic rings. The summed E-state index contributed by atoms with van der Waals surface area (Å²) in [6.45, 7) is 10.7. The van der Waals surface area contributed by atoms with Gasteiger partial charge in [-0.25, -0.2) is 9.59 Å². The highest BCUT2D eigenvalue weighted by atomic mass is 35.5. The zero-order valence-corrected chi connectivity index (χ0v) is 25.6. The first kappa shape index (κ1) is 33.8. The van der Waals surface area contributed by atoms with Gasteiger partial charge in [-0.2, -0.15) is 0 Å². The van der Waals surface area contributed by atoms with Gasteiger partial charge in [-0.15, -0.1) is 0 Å². The van der Waals surface area contributed by atoms with Gasteiger partial charge in [0.1, 0.15) is 0 Å². The molecule has 2 amide bonds. The van der Waals surface area contributed by atoms with Crippen LogP contribution in [0.2, 0.25) is 5.02 Å². The molecule has 0 bridgehead atoms. The van der Waals surface area contributed by atoms with Crippen LogP contribution in [0.1, 0.15) is 52.3 Å². The van der Waals surface area contributed by atoms with E-state index in [-0.39, 0.29) is 41.9 Å². The van der Waals surface area contributed by atoms with Crippen LogP contribution in [0.15, 0.2) is 53.2 Å². The summed E-state index contributed by atoms with van der Waals surface area (Å²) in [6, 6.07) is 9.13. The fourth-order valence-corrected chi connectivity index (χ4v) is 5.67. The summed E-state index contributed by atoms with van der Waals surface area (Å²) in [5.74, 6) is -1.62. The number of amides is 2. The van der Waals surface area contributed by atoms with Gasteiger partial charge in [0.05, 0.1) is 35.4 Å². The number of carboxylic acid groups (broad SMARTS) is 2. The summed E-state index contributed by atoms with van der Waals surface area (Å²) in [4.78, 5) is 49.6. The molecule has 1 aromatic carbocycles. The third kappa shape index (κ3) is 9.63. The number of aromatic nitrogens is 1. The summed E-state index contributed by atoms with van der Waals surface area (Å²) < 4.78 is 5.35. The number of aliphatic carboxylic acids is 2. The monoisotopic (exact) mass is 617 g/mol. The van der Waals surface area contributed by atoms with Crippen LogP contribution < -0.4 is 15.5 Å². The van der Waals surface area contributed by atoms with Crippen molar-refractivity contribution in [2.45, 2.75) is 58.2 Å². The highest BCUT2D eigenvalue weighted by molar-refractivity contribution is 6.33. The Morgan fingerprint density at radius 3 is 2.42 bits per heavy atom. The number of nitrogens with one attached hydrogen (secondary N) is 2. The summed E-state index contributed by atoms with van der Waals surface area (Å²) in [6.07, 6.45) is 4.18. The fourth-order valence-electron chi connectivity index (χ4n) is 5.44. The van der Waals surface area contributed by atoms with Gasteiger partial charge < -0.3 is 30.3 Å². The highest BCUT2D eigenvalue weighted by Gasteiger charge is 2.44. The van der Waals surface area contributed by atoms with Crippen LogP contribution in [0.4, 0.5) is 5.69 Å². The lowest BCUT2D eigenvalue weighted by Gasteiger charge is -2.51. The van der Waals surface area contributed by atoms with E-state index in [0.29, 0.717) is 48.4 Å². The van der Waals surface area contributed by atoms with Crippen LogP contribution in [0, 0.1) is 11.8 Å². The van der Waals surface area contributed by atoms with E-state index in [0.717, 1.165) is 18.7 Å². The molecule has 234 valence electrons. The molecule has 43 heavy (non-hydrogen) atoms. The predicted molar refractivity (Wildman–Crippen MR) is 161 cm³/mol. The van der Waals surface area contributed by atoms with Gasteiger partial charge in [-0.3, -0.25) is 14.5 Å². The first-order chi connectivity index (χ1) is 20.3. The Bertz CT molecular complexity index is 1280. The van der Waals surface area contributed by atoms with Crippen LogP contribution in [0.5, 0.6) is 0 Å². The van der Waals surface area contributed by atoms with Gasteiger partial charge >= 0.3 is 11.9 Å². The number of piperidine rings is 1. The smallest absolute Gasteiger partial charge is 0.328 e. The Morgan fingerprint density at radius 2 is 1.84 bits per heavy atom. The number of rotatable bonds is 9. The molecule has 13 heteroatoms. The van der Waals surface area contributed by atoms with Crippen molar-refractivity contribution < 1.29 is 33.9 Å². The second-order valence-corrected chi connectivity index (χ2v) is 12.1. The van der Waals surface area contributed by atoms with Crippen molar-refractivity contribution in [3.63, 3.8) is 0 Å². The SMILES string of the molecule is CC(C)C[C@@H](NC(=O)[C@@H]1CNC[C@H](N2CC(=O)N(c3ccccc3Cl)CC2(C)C)C1)c1ccno1.O=C(O)/C=C/C(=O)O. The molecule has 0 spiro atoms. The molecule has 0 saturated carbocycles. The van der Waals surface area contributed by atoms with Crippen LogP contribution in [-0.4, -0.2) is 81.8 Å². The molecule has 1 aromatic heterocycles. The van der Waals surface area contributed by atoms with E-state index in [1.165, 1.54) is 0 Å². The van der Waals surface area contributed by atoms with Crippen molar-refractivity contribution in [1.82, 2.24) is 20.7 Å². The number of carbonyl (C=O) groups is 4. The molecule has 2 fully saturated rings. The molecule has 0 aliphatic carbocycles. The van der Waals surface area contributed by atoms with Gasteiger partial charge in [0, 0.05) is 49.4 Å². The minimum Gasteiger partial charge on any atom is -0.478 e. The van der Waals surface area contributed by atoms with E-state index in [9.17, 15) is 19.2 Å². The molecular formula is C30H40ClN5O7. The van der Waals surface area contributed by atoms with Gasteiger partial charge in [-0.1, -0.05) is 42.7 Å². The average Bonchev–Trinajstić information content (AvgIpc) is 3.48. The molecule has 0 unspecified atom stereocenters. The summed E-state index contributed by atoms with van der Waals surface area (Å²) in [7, 11) is 0. The maximum Gasteiger partial charge on any atom is 0.328 e. The normalized spacial score (nSPS) is 21.3. The number of carboxylic acids is 2. The Morgan fingerprint density at radius 1 is 1.16 bits per heavy atom. The second kappa shape index (κ2) is 15.1. The van der Waals surface area contributed by atoms with Crippen molar-refractivity contribution in [3.8, 4) is 0 Å². The van der Waals surface area contributed by atoms with Crippen LogP contribution in [-0.2, 0) is 19.2 Å². The fraction of sp³-hybridized carbons (Fsp3) is 0.500. The number of carbonyl (C=O) groups excluding carboxylic acids is 2. The zero-order valence-electron chi connectivity index (χ0n) is 24.8. The average molecular weight is 618 g/mol. The molecule has 0 radical (unpaired) electrons. The quantitative estimate of drug-likeness (QED) is 0.307. The van der Waals surface area contributed by atoms with Gasteiger partial charge in [0.2, 0.25) is 11.8 Å². The van der Waals surface area contributed by atoms with E-state index >= 15 is 0 Å². The number of nitrogens with zero attached hydrogens (tertiary/aromatic N) is 3. The zero-order chi connectivity index (χ0) is 31.7. The first-order valence-corrected chi connectivity index (χ1v) is 14.5. The number of halogens is 1. The van der Waals surface area contributed by atoms with Gasteiger partial charge in [0.15, 0.2) is 5.76 Å². The molecule has 4 rings (SSSR count). The lowest BCUT2D eigenvalue weighted by molar-refractivity contribution is -0.134. The topological polar surface area (TPSA) is 165 Å². The van der Waals surface area contributed by atoms with Crippen molar-refractivity contribution in [3.05, 3.63) is 59.5 Å². The van der Waals surface area contributed by atoms with Crippen LogP contribution in [0.25, 0.3) is 0 Å². The van der Waals surface area contributed by atoms with E-state index in [1.54, 1.807) is 11.1 Å². The number of benzene rings is 1. The van der Waals surface area contributed by atoms with Crippen molar-refractivity contribution in [2.24, 2.45) is 11.8 Å². The summed E-state index contributed by atoms with van der Waals surface area (Å²) >= 11 is 6.39. The standard InChI is InChI=1S/C26H36ClN5O3.C4H4O4/c1-17(2)11-21(23-9-10-29-35-23)30-25(34)18-12-19(14-28-13-18)32-15-24(33)31(16-26(32,3)4)22-8-6-5-7-20(22)27;5-3(6)1-2-4(7)8/h5-10,17-19,21,28H,11-16H2,1-4H3,(H,30,34);1-2H,(H,5,6)(H,7,8)/b;2-1+/t18-,19+,21+;/m0./s1. The number of piperazine rings is 1. The summed E-state index contributed by atoms with van der Waals surface area (Å²) in [5.41, 5.74) is 0.465. The molecule has 2 aliphatic rings. The minimum atomic E-state index is -1.26. The maximum atomic E-state index is 13.3. The number of para-hydroxylation sites is 1. The largest absolute Gasteiger partial charge is 0.478 e. The third-order valence-corrected chi connectivity index (χ3v) is 7.72. The lowest BCUT2D eigenvalue weighted by atomic mass is 9.88. The predicted octanol–water partition coefficient (Wildman–Crippen LogP) is 3.35. The van der Waals surface area contributed by atoms with Gasteiger partial charge in [-0.05, 0) is 44.7 Å². The third-order valence-electron chi connectivity index (χ3n) is 7.40. The minimum absolute atomic E-state index is 0.00286. The molecule has 3 atom stereocenters. The maximum absolute atomic E-state index is 13.3. The Labute approximate surface area is 256 Å². The Balaban J connectivity index is 0.000000557. The van der Waals surface area contributed by atoms with E-state index in [2.05, 4.69) is 48.4 Å². The van der Waals surface area contributed by atoms with Crippen molar-refractivity contribution in [1.29, 1.82) is 0 Å². The van der Waals surface area contributed by atoms with Crippen molar-refractivity contribution in [2.75, 3.05) is 31.1 Å². The Hall–Kier alpha value is -3.74. The molecule has 2 aliphatic heterocycles. The number of hydrogen-bond acceptors (Lipinski definition) is 8. The highest BCUT2D eigenvalue weighted by Crippen LogP contribution is 2.34. The second-order valence-electron chi connectivity index (χ2n) is 11.7.